The molecular formula is C16H20N2O4. The Morgan fingerprint density at radius 3 is 3.18 bits per heavy atom. The fourth-order valence-electron chi connectivity index (χ4n) is 3.73. The highest BCUT2D eigenvalue weighted by Gasteiger charge is 2.62. The number of nitrogens with zero attached hydrogens (tertiary/aromatic N) is 1. The highest BCUT2D eigenvalue weighted by molar-refractivity contribution is 5.78. The van der Waals surface area contributed by atoms with E-state index in [4.69, 9.17) is 14.2 Å². The average Bonchev–Trinajstić information content (AvgIpc) is 2.95. The highest BCUT2D eigenvalue weighted by Crippen LogP contribution is 2.49. The zero-order chi connectivity index (χ0) is 15.2. The van der Waals surface area contributed by atoms with Gasteiger partial charge in [-0.05, 0) is 13.0 Å². The number of ether oxygens (including phenoxy) is 3. The molecule has 3 aliphatic heterocycles. The maximum atomic E-state index is 12.6. The predicted molar refractivity (Wildman–Crippen MR) is 78.6 cm³/mol. The monoisotopic (exact) mass is 304 g/mol. The lowest BCUT2D eigenvalue weighted by Crippen LogP contribution is -2.72. The molecule has 3 heterocycles. The van der Waals surface area contributed by atoms with Gasteiger partial charge in [-0.15, -0.1) is 0 Å². The van der Waals surface area contributed by atoms with Crippen LogP contribution >= 0.6 is 0 Å². The lowest BCUT2D eigenvalue weighted by atomic mass is 9.86. The number of urea groups is 1. The Morgan fingerprint density at radius 1 is 1.45 bits per heavy atom. The third kappa shape index (κ3) is 1.84. The van der Waals surface area contributed by atoms with Crippen molar-refractivity contribution in [2.75, 3.05) is 26.4 Å². The van der Waals surface area contributed by atoms with Crippen LogP contribution in [0.5, 0.6) is 5.75 Å². The summed E-state index contributed by atoms with van der Waals surface area (Å²) in [7, 11) is 0. The summed E-state index contributed by atoms with van der Waals surface area (Å²) in [6, 6.07) is 7.59. The molecule has 1 aromatic rings. The zero-order valence-corrected chi connectivity index (χ0v) is 12.6. The fraction of sp³-hybridized carbons (Fsp3) is 0.562. The second-order valence-electron chi connectivity index (χ2n) is 5.80. The Kier molecular flexibility index (Phi) is 3.23. The molecule has 22 heavy (non-hydrogen) atoms. The largest absolute Gasteiger partial charge is 0.464 e. The number of hydrogen-bond acceptors (Lipinski definition) is 4. The van der Waals surface area contributed by atoms with Crippen LogP contribution in [-0.2, 0) is 9.47 Å². The number of hydrogen-bond donors (Lipinski definition) is 1. The number of carbonyl (C=O) groups excluding carboxylic acids is 1. The number of carbonyl (C=O) groups is 1. The zero-order valence-electron chi connectivity index (χ0n) is 12.6. The van der Waals surface area contributed by atoms with Gasteiger partial charge in [0, 0.05) is 25.1 Å². The standard InChI is InChI=1S/C16H20N2O4/c1-2-20-10-8-18-15(19)17-13-11-5-3-4-6-12(11)22-16(18)7-9-21-14(13)16/h3-6,13-14H,2,7-10H2,1H3,(H,17,19). The van der Waals surface area contributed by atoms with Gasteiger partial charge in [-0.2, -0.15) is 0 Å². The van der Waals surface area contributed by atoms with Crippen molar-refractivity contribution < 1.29 is 19.0 Å². The van der Waals surface area contributed by atoms with Crippen molar-refractivity contribution in [3.8, 4) is 5.75 Å². The van der Waals surface area contributed by atoms with Gasteiger partial charge in [0.25, 0.3) is 0 Å². The first kappa shape index (κ1) is 13.8. The minimum atomic E-state index is -0.710. The Labute approximate surface area is 129 Å². The molecule has 118 valence electrons. The summed E-state index contributed by atoms with van der Waals surface area (Å²) in [4.78, 5) is 14.3. The molecular weight excluding hydrogens is 284 g/mol. The maximum Gasteiger partial charge on any atom is 0.321 e. The summed E-state index contributed by atoms with van der Waals surface area (Å²) >= 11 is 0. The lowest BCUT2D eigenvalue weighted by molar-refractivity contribution is -0.149. The summed E-state index contributed by atoms with van der Waals surface area (Å²) in [5, 5.41) is 3.07. The van der Waals surface area contributed by atoms with Gasteiger partial charge in [-0.1, -0.05) is 18.2 Å². The lowest BCUT2D eigenvalue weighted by Gasteiger charge is -2.53. The van der Waals surface area contributed by atoms with Crippen molar-refractivity contribution >= 4 is 6.03 Å². The predicted octanol–water partition coefficient (Wildman–Crippen LogP) is 1.67. The van der Waals surface area contributed by atoms with E-state index in [9.17, 15) is 4.79 Å². The van der Waals surface area contributed by atoms with Crippen LogP contribution in [0.25, 0.3) is 0 Å². The van der Waals surface area contributed by atoms with Crippen LogP contribution in [0.4, 0.5) is 4.79 Å². The Morgan fingerprint density at radius 2 is 2.32 bits per heavy atom. The summed E-state index contributed by atoms with van der Waals surface area (Å²) in [6.45, 7) is 4.16. The van der Waals surface area contributed by atoms with Gasteiger partial charge in [-0.25, -0.2) is 4.79 Å². The van der Waals surface area contributed by atoms with E-state index in [1.165, 1.54) is 0 Å². The number of benzene rings is 1. The smallest absolute Gasteiger partial charge is 0.321 e. The van der Waals surface area contributed by atoms with Crippen molar-refractivity contribution in [1.29, 1.82) is 0 Å². The van der Waals surface area contributed by atoms with Crippen LogP contribution in [0.3, 0.4) is 0 Å². The number of amides is 2. The molecule has 3 unspecified atom stereocenters. The summed E-state index contributed by atoms with van der Waals surface area (Å²) in [5.41, 5.74) is 0.279. The number of para-hydroxylation sites is 1. The molecule has 2 fully saturated rings. The van der Waals surface area contributed by atoms with E-state index in [-0.39, 0.29) is 18.2 Å². The molecule has 2 bridgehead atoms. The van der Waals surface area contributed by atoms with Gasteiger partial charge in [0.15, 0.2) is 0 Å². The summed E-state index contributed by atoms with van der Waals surface area (Å²) < 4.78 is 17.7. The van der Waals surface area contributed by atoms with Crippen molar-refractivity contribution in [2.24, 2.45) is 0 Å². The molecule has 6 heteroatoms. The van der Waals surface area contributed by atoms with E-state index in [0.717, 1.165) is 11.3 Å². The Bertz CT molecular complexity index is 593. The SMILES string of the molecule is CCOCCN1C(=O)NC2c3ccccc3OC13CCOC23. The van der Waals surface area contributed by atoms with E-state index in [1.807, 2.05) is 31.2 Å². The molecule has 6 nitrogen and oxygen atoms in total. The number of nitrogens with one attached hydrogen (secondary N) is 1. The molecule has 1 N–H and O–H groups in total. The molecule has 0 radical (unpaired) electrons. The minimum absolute atomic E-state index is 0.110. The van der Waals surface area contributed by atoms with Gasteiger partial charge in [0.1, 0.15) is 11.9 Å². The topological polar surface area (TPSA) is 60.0 Å². The molecule has 0 saturated carbocycles. The van der Waals surface area contributed by atoms with Crippen LogP contribution in [-0.4, -0.2) is 49.1 Å². The Hall–Kier alpha value is -1.79. The molecule has 3 atom stereocenters. The maximum absolute atomic E-state index is 12.6. The van der Waals surface area contributed by atoms with Crippen LogP contribution < -0.4 is 10.1 Å². The highest BCUT2D eigenvalue weighted by atomic mass is 16.6. The normalized spacial score (nSPS) is 32.0. The van der Waals surface area contributed by atoms with Gasteiger partial charge >= 0.3 is 6.03 Å². The van der Waals surface area contributed by atoms with E-state index in [2.05, 4.69) is 5.32 Å². The van der Waals surface area contributed by atoms with Crippen molar-refractivity contribution in [3.63, 3.8) is 0 Å². The molecule has 0 aliphatic carbocycles. The first-order chi connectivity index (χ1) is 10.8. The van der Waals surface area contributed by atoms with Gasteiger partial charge in [0.2, 0.25) is 5.72 Å². The van der Waals surface area contributed by atoms with Gasteiger partial charge in [-0.3, -0.25) is 4.90 Å². The van der Waals surface area contributed by atoms with E-state index in [1.54, 1.807) is 4.90 Å². The van der Waals surface area contributed by atoms with Crippen molar-refractivity contribution in [2.45, 2.75) is 31.2 Å². The van der Waals surface area contributed by atoms with Gasteiger partial charge in [0.05, 0.1) is 19.3 Å². The van der Waals surface area contributed by atoms with E-state index < -0.39 is 5.72 Å². The summed E-state index contributed by atoms with van der Waals surface area (Å²) in [6.07, 6.45) is 0.504. The number of fused-ring (bicyclic) bond motifs is 2. The second kappa shape index (κ2) is 5.14. The quantitative estimate of drug-likeness (QED) is 0.860. The molecule has 0 aromatic heterocycles. The fourth-order valence-corrected chi connectivity index (χ4v) is 3.73. The van der Waals surface area contributed by atoms with Crippen LogP contribution in [0, 0.1) is 0 Å². The van der Waals surface area contributed by atoms with Gasteiger partial charge < -0.3 is 19.5 Å². The molecule has 2 saturated heterocycles. The third-order valence-electron chi connectivity index (χ3n) is 4.69. The van der Waals surface area contributed by atoms with E-state index in [0.29, 0.717) is 32.8 Å². The Balaban J connectivity index is 1.72. The minimum Gasteiger partial charge on any atom is -0.464 e. The van der Waals surface area contributed by atoms with Crippen LogP contribution in [0.15, 0.2) is 24.3 Å². The average molecular weight is 304 g/mol. The second-order valence-corrected chi connectivity index (χ2v) is 5.80. The first-order valence-electron chi connectivity index (χ1n) is 7.81. The van der Waals surface area contributed by atoms with Crippen LogP contribution in [0.2, 0.25) is 0 Å². The van der Waals surface area contributed by atoms with Crippen molar-refractivity contribution in [1.82, 2.24) is 10.2 Å². The van der Waals surface area contributed by atoms with Crippen LogP contribution in [0.1, 0.15) is 24.9 Å². The first-order valence-corrected chi connectivity index (χ1v) is 7.81. The molecule has 1 aromatic carbocycles. The number of rotatable bonds is 4. The van der Waals surface area contributed by atoms with E-state index >= 15 is 0 Å². The molecule has 3 aliphatic rings. The molecule has 2 amide bonds. The third-order valence-corrected chi connectivity index (χ3v) is 4.69. The molecule has 4 rings (SSSR count). The summed E-state index contributed by atoms with van der Waals surface area (Å²) in [5.74, 6) is 0.829. The molecule has 0 spiro atoms. The van der Waals surface area contributed by atoms with Crippen molar-refractivity contribution in [3.05, 3.63) is 29.8 Å².